The average molecular weight is 386 g/mol. The molecule has 100 valence electrons. The maximum absolute atomic E-state index is 12.4. The van der Waals surface area contributed by atoms with E-state index < -0.39 is 0 Å². The van der Waals surface area contributed by atoms with Crippen LogP contribution >= 0.6 is 31.9 Å². The Morgan fingerprint density at radius 1 is 1.26 bits per heavy atom. The fraction of sp³-hybridized carbons (Fsp3) is 0.286. The van der Waals surface area contributed by atoms with Crippen molar-refractivity contribution in [3.63, 3.8) is 0 Å². The van der Waals surface area contributed by atoms with Crippen molar-refractivity contribution in [1.29, 1.82) is 0 Å². The van der Waals surface area contributed by atoms with Crippen LogP contribution in [0.1, 0.15) is 29.4 Å². The predicted octanol–water partition coefficient (Wildman–Crippen LogP) is 4.24. The minimum Gasteiger partial charge on any atom is -0.292 e. The van der Waals surface area contributed by atoms with Crippen molar-refractivity contribution in [1.82, 2.24) is 9.78 Å². The zero-order chi connectivity index (χ0) is 13.8. The quantitative estimate of drug-likeness (QED) is 0.721. The first kappa shape index (κ1) is 14.5. The van der Waals surface area contributed by atoms with Crippen LogP contribution in [0.25, 0.3) is 0 Å². The lowest BCUT2D eigenvalue weighted by Crippen LogP contribution is -2.13. The Morgan fingerprint density at radius 3 is 2.68 bits per heavy atom. The van der Waals surface area contributed by atoms with E-state index >= 15 is 0 Å². The summed E-state index contributed by atoms with van der Waals surface area (Å²) in [5.41, 5.74) is 1.64. The van der Waals surface area contributed by atoms with E-state index in [2.05, 4.69) is 43.9 Å². The lowest BCUT2D eigenvalue weighted by atomic mass is 10.1. The molecule has 1 aromatic heterocycles. The van der Waals surface area contributed by atoms with Crippen LogP contribution in [0.4, 0.5) is 0 Å². The number of ketones is 1. The summed E-state index contributed by atoms with van der Waals surface area (Å²) in [5.74, 6) is 0.0738. The van der Waals surface area contributed by atoms with Crippen molar-refractivity contribution in [3.05, 3.63) is 50.7 Å². The topological polar surface area (TPSA) is 34.9 Å². The van der Waals surface area contributed by atoms with E-state index in [-0.39, 0.29) is 5.78 Å². The van der Waals surface area contributed by atoms with Gasteiger partial charge in [0.15, 0.2) is 5.78 Å². The largest absolute Gasteiger partial charge is 0.292 e. The van der Waals surface area contributed by atoms with E-state index in [1.54, 1.807) is 10.9 Å². The number of rotatable bonds is 5. The monoisotopic (exact) mass is 384 g/mol. The van der Waals surface area contributed by atoms with Gasteiger partial charge in [-0.25, -0.2) is 0 Å². The van der Waals surface area contributed by atoms with Crippen LogP contribution in [0, 0.1) is 0 Å². The number of Topliss-reactive ketones (excluding diaryl/α,β-unsaturated/α-hetero) is 1. The predicted molar refractivity (Wildman–Crippen MR) is 82.4 cm³/mol. The molecule has 0 fully saturated rings. The standard InChI is InChI=1S/C14H14Br2N2O/c1-2-7-18-14(12(16)9-17-18)13(19)8-10-5-3-4-6-11(10)15/h3-6,9H,2,7-8H2,1H3. The summed E-state index contributed by atoms with van der Waals surface area (Å²) >= 11 is 6.87. The van der Waals surface area contributed by atoms with E-state index in [4.69, 9.17) is 0 Å². The van der Waals surface area contributed by atoms with E-state index in [9.17, 15) is 4.79 Å². The molecule has 0 saturated carbocycles. The third kappa shape index (κ3) is 3.34. The molecule has 0 radical (unpaired) electrons. The van der Waals surface area contributed by atoms with E-state index in [1.807, 2.05) is 24.3 Å². The van der Waals surface area contributed by atoms with Crippen LogP contribution < -0.4 is 0 Å². The molecule has 5 heteroatoms. The van der Waals surface area contributed by atoms with Crippen molar-refractivity contribution >= 4 is 37.6 Å². The van der Waals surface area contributed by atoms with Crippen molar-refractivity contribution < 1.29 is 4.79 Å². The number of nitrogens with zero attached hydrogens (tertiary/aromatic N) is 2. The van der Waals surface area contributed by atoms with Gasteiger partial charge in [0.25, 0.3) is 0 Å². The second kappa shape index (κ2) is 6.48. The normalized spacial score (nSPS) is 10.7. The lowest BCUT2D eigenvalue weighted by molar-refractivity contribution is 0.0981. The molecule has 3 nitrogen and oxygen atoms in total. The van der Waals surface area contributed by atoms with Gasteiger partial charge < -0.3 is 0 Å². The molecule has 2 aromatic rings. The van der Waals surface area contributed by atoms with E-state index in [1.165, 1.54) is 0 Å². The lowest BCUT2D eigenvalue weighted by Gasteiger charge is -2.07. The molecule has 0 aliphatic rings. The van der Waals surface area contributed by atoms with Gasteiger partial charge >= 0.3 is 0 Å². The number of carbonyl (C=O) groups excluding carboxylic acids is 1. The van der Waals surface area contributed by atoms with E-state index in [0.29, 0.717) is 12.1 Å². The first-order chi connectivity index (χ1) is 9.13. The van der Waals surface area contributed by atoms with Crippen LogP contribution in [0.3, 0.4) is 0 Å². The third-order valence-electron chi connectivity index (χ3n) is 2.80. The summed E-state index contributed by atoms with van der Waals surface area (Å²) in [7, 11) is 0. The average Bonchev–Trinajstić information content (AvgIpc) is 2.74. The van der Waals surface area contributed by atoms with Crippen LogP contribution in [-0.4, -0.2) is 15.6 Å². The summed E-state index contributed by atoms with van der Waals surface area (Å²) in [6, 6.07) is 7.78. The number of hydrogen-bond acceptors (Lipinski definition) is 2. The number of hydrogen-bond donors (Lipinski definition) is 0. The van der Waals surface area contributed by atoms with Crippen molar-refractivity contribution in [2.75, 3.05) is 0 Å². The van der Waals surface area contributed by atoms with Crippen LogP contribution in [-0.2, 0) is 13.0 Å². The molecule has 1 heterocycles. The zero-order valence-electron chi connectivity index (χ0n) is 10.6. The van der Waals surface area contributed by atoms with Gasteiger partial charge in [0.2, 0.25) is 0 Å². The highest BCUT2D eigenvalue weighted by molar-refractivity contribution is 9.10. The van der Waals surface area contributed by atoms with Gasteiger partial charge in [0.05, 0.1) is 10.7 Å². The molecular formula is C14H14Br2N2O. The number of halogens is 2. The van der Waals surface area contributed by atoms with Crippen molar-refractivity contribution in [2.24, 2.45) is 0 Å². The molecule has 1 aromatic carbocycles. The molecule has 0 bridgehead atoms. The molecule has 0 aliphatic heterocycles. The molecule has 0 saturated heterocycles. The highest BCUT2D eigenvalue weighted by Gasteiger charge is 2.17. The Bertz CT molecular complexity index is 593. The highest BCUT2D eigenvalue weighted by atomic mass is 79.9. The van der Waals surface area contributed by atoms with Crippen LogP contribution in [0.5, 0.6) is 0 Å². The molecule has 0 spiro atoms. The van der Waals surface area contributed by atoms with Crippen molar-refractivity contribution in [2.45, 2.75) is 26.3 Å². The van der Waals surface area contributed by atoms with Crippen molar-refractivity contribution in [3.8, 4) is 0 Å². The second-order valence-corrected chi connectivity index (χ2v) is 5.96. The van der Waals surface area contributed by atoms with Crippen LogP contribution in [0.2, 0.25) is 0 Å². The summed E-state index contributed by atoms with van der Waals surface area (Å²) in [5, 5.41) is 4.23. The molecule has 19 heavy (non-hydrogen) atoms. The Hall–Kier alpha value is -0.940. The maximum atomic E-state index is 12.4. The smallest absolute Gasteiger partial charge is 0.186 e. The Kier molecular flexibility index (Phi) is 4.93. The van der Waals surface area contributed by atoms with Gasteiger partial charge in [-0.1, -0.05) is 41.1 Å². The number of aromatic nitrogens is 2. The van der Waals surface area contributed by atoms with Gasteiger partial charge in [-0.3, -0.25) is 9.48 Å². The minimum absolute atomic E-state index is 0.0738. The number of benzene rings is 1. The second-order valence-electron chi connectivity index (χ2n) is 4.26. The van der Waals surface area contributed by atoms with E-state index in [0.717, 1.165) is 27.5 Å². The Morgan fingerprint density at radius 2 is 2.00 bits per heavy atom. The molecule has 0 amide bonds. The third-order valence-corrected chi connectivity index (χ3v) is 4.16. The fourth-order valence-electron chi connectivity index (χ4n) is 1.92. The Labute approximate surface area is 129 Å². The van der Waals surface area contributed by atoms with Gasteiger partial charge in [-0.15, -0.1) is 0 Å². The summed E-state index contributed by atoms with van der Waals surface area (Å²) < 4.78 is 3.49. The van der Waals surface area contributed by atoms with Gasteiger partial charge in [-0.2, -0.15) is 5.10 Å². The molecule has 0 N–H and O–H groups in total. The molecule has 0 unspecified atom stereocenters. The summed E-state index contributed by atoms with van der Waals surface area (Å²) in [6.07, 6.45) is 3.00. The Balaban J connectivity index is 2.25. The molecule has 0 aliphatic carbocycles. The van der Waals surface area contributed by atoms with Gasteiger partial charge in [0, 0.05) is 17.4 Å². The van der Waals surface area contributed by atoms with Gasteiger partial charge in [0.1, 0.15) is 5.69 Å². The van der Waals surface area contributed by atoms with Gasteiger partial charge in [-0.05, 0) is 34.0 Å². The number of aryl methyl sites for hydroxylation is 1. The first-order valence-electron chi connectivity index (χ1n) is 6.11. The fourth-order valence-corrected chi connectivity index (χ4v) is 2.86. The molecule has 2 rings (SSSR count). The summed E-state index contributed by atoms with van der Waals surface area (Å²) in [6.45, 7) is 2.82. The van der Waals surface area contributed by atoms with Crippen LogP contribution in [0.15, 0.2) is 39.4 Å². The zero-order valence-corrected chi connectivity index (χ0v) is 13.7. The SMILES string of the molecule is CCCn1ncc(Br)c1C(=O)Cc1ccccc1Br. The molecule has 0 atom stereocenters. The number of carbonyl (C=O) groups is 1. The molecular weight excluding hydrogens is 372 g/mol. The summed E-state index contributed by atoms with van der Waals surface area (Å²) in [4.78, 5) is 12.4. The first-order valence-corrected chi connectivity index (χ1v) is 7.70. The minimum atomic E-state index is 0.0738. The highest BCUT2D eigenvalue weighted by Crippen LogP contribution is 2.22. The maximum Gasteiger partial charge on any atom is 0.186 e.